The average molecular weight is 303 g/mol. The minimum atomic E-state index is -2.67. The van der Waals surface area contributed by atoms with Crippen molar-refractivity contribution in [2.24, 2.45) is 0 Å². The molecule has 1 unspecified atom stereocenters. The first kappa shape index (κ1) is 13.4. The molecule has 0 aliphatic heterocycles. The zero-order valence-corrected chi connectivity index (χ0v) is 10.6. The molecule has 0 aromatic heterocycles. The van der Waals surface area contributed by atoms with Crippen LogP contribution >= 0.6 is 23.2 Å². The van der Waals surface area contributed by atoms with Gasteiger partial charge in [-0.3, -0.25) is 4.79 Å². The minimum absolute atomic E-state index is 0.236. The van der Waals surface area contributed by atoms with Crippen LogP contribution in [0.2, 0.25) is 0 Å². The van der Waals surface area contributed by atoms with Gasteiger partial charge < -0.3 is 0 Å². The Balaban J connectivity index is 3.58. The number of hydrogen-bond acceptors (Lipinski definition) is 5. The molecule has 0 radical (unpaired) electrons. The summed E-state index contributed by atoms with van der Waals surface area (Å²) in [6.07, 6.45) is 0.653. The van der Waals surface area contributed by atoms with Gasteiger partial charge in [-0.15, -0.1) is 11.6 Å². The fourth-order valence-electron chi connectivity index (χ4n) is 1.14. The Morgan fingerprint density at radius 3 is 2.19 bits per heavy atom. The summed E-state index contributed by atoms with van der Waals surface area (Å²) in [6, 6.07) is 0. The van der Waals surface area contributed by atoms with E-state index >= 15 is 0 Å². The summed E-state index contributed by atoms with van der Waals surface area (Å²) in [5.74, 6) is 0. The van der Waals surface area contributed by atoms with Gasteiger partial charge >= 0.3 is 0 Å². The third-order valence-electron chi connectivity index (χ3n) is 1.88. The molecule has 0 fully saturated rings. The normalized spacial score (nSPS) is 20.4. The predicted octanol–water partition coefficient (Wildman–Crippen LogP) is -0.208. The van der Waals surface area contributed by atoms with E-state index in [4.69, 9.17) is 23.2 Å². The van der Waals surface area contributed by atoms with Crippen LogP contribution in [0, 0.1) is 0 Å². The number of carbonyl (C=O) groups is 1. The number of carbonyl (C=O) groups excluding carboxylic acids is 1. The van der Waals surface area contributed by atoms with Crippen molar-refractivity contribution in [1.29, 1.82) is 0 Å². The molecular formula is C7H4Cl2O5S2. The lowest BCUT2D eigenvalue weighted by Crippen LogP contribution is -2.29. The van der Waals surface area contributed by atoms with Crippen molar-refractivity contribution in [3.8, 4) is 0 Å². The highest BCUT2D eigenvalue weighted by Crippen LogP contribution is 2.21. The second-order valence-electron chi connectivity index (χ2n) is 2.81. The van der Waals surface area contributed by atoms with Crippen molar-refractivity contribution >= 4 is 58.8 Å². The van der Waals surface area contributed by atoms with Gasteiger partial charge in [-0.2, -0.15) is 16.8 Å². The topological polar surface area (TPSA) is 85.3 Å². The molecule has 88 valence electrons. The van der Waals surface area contributed by atoms with Crippen LogP contribution in [-0.4, -0.2) is 37.2 Å². The predicted molar refractivity (Wildman–Crippen MR) is 61.1 cm³/mol. The molecule has 0 N–H and O–H groups in total. The lowest BCUT2D eigenvalue weighted by atomic mass is 9.99. The average Bonchev–Trinajstić information content (AvgIpc) is 2.16. The molecule has 9 heteroatoms. The van der Waals surface area contributed by atoms with E-state index < -0.39 is 31.2 Å². The van der Waals surface area contributed by atoms with Crippen LogP contribution in [0.15, 0.2) is 11.6 Å². The van der Waals surface area contributed by atoms with Gasteiger partial charge in [0.05, 0.1) is 15.1 Å². The first-order valence-electron chi connectivity index (χ1n) is 3.80. The zero-order chi connectivity index (χ0) is 12.5. The Hall–Kier alpha value is -0.630. The lowest BCUT2D eigenvalue weighted by Gasteiger charge is -2.16. The van der Waals surface area contributed by atoms with E-state index in [0.29, 0.717) is 0 Å². The summed E-state index contributed by atoms with van der Waals surface area (Å²) in [5.41, 5.74) is -0.256. The van der Waals surface area contributed by atoms with Crippen molar-refractivity contribution in [2.75, 3.05) is 0 Å². The number of rotatable bonds is 1. The summed E-state index contributed by atoms with van der Waals surface area (Å²) >= 11 is 10.9. The van der Waals surface area contributed by atoms with Gasteiger partial charge in [-0.1, -0.05) is 0 Å². The van der Waals surface area contributed by atoms with Gasteiger partial charge in [0.25, 0.3) is 0 Å². The maximum Gasteiger partial charge on any atom is 0.250 e. The Labute approximate surface area is 104 Å². The summed E-state index contributed by atoms with van der Waals surface area (Å²) in [7, 11) is -5.28. The molecule has 0 saturated carbocycles. The molecule has 0 bridgehead atoms. The van der Waals surface area contributed by atoms with Crippen molar-refractivity contribution in [3.05, 3.63) is 11.6 Å². The molecule has 1 aliphatic carbocycles. The number of hydrogen-bond donors (Lipinski definition) is 0. The third-order valence-corrected chi connectivity index (χ3v) is 4.22. The van der Waals surface area contributed by atoms with Crippen LogP contribution in [-0.2, 0) is 25.4 Å². The molecule has 1 rings (SSSR count). The van der Waals surface area contributed by atoms with Gasteiger partial charge in [0.15, 0.2) is 0 Å². The van der Waals surface area contributed by atoms with Crippen molar-refractivity contribution in [3.63, 3.8) is 0 Å². The number of halogens is 2. The fourth-order valence-corrected chi connectivity index (χ4v) is 2.97. The van der Waals surface area contributed by atoms with Gasteiger partial charge in [0.1, 0.15) is 0 Å². The van der Waals surface area contributed by atoms with E-state index in [1.165, 1.54) is 0 Å². The fraction of sp³-hybridized carbons (Fsp3) is 0.286. The Bertz CT molecular complexity index is 622. The number of allylic oxidation sites excluding steroid dienone is 2. The SMILES string of the molecule is O=C(Cl)C1=CC(=S(=O)=O)CC(=S(=O)=O)C1Cl. The molecule has 0 saturated heterocycles. The van der Waals surface area contributed by atoms with Crippen LogP contribution in [0.5, 0.6) is 0 Å². The lowest BCUT2D eigenvalue weighted by molar-refractivity contribution is -0.108. The molecule has 0 spiro atoms. The number of alkyl halides is 1. The third kappa shape index (κ3) is 2.73. The Kier molecular flexibility index (Phi) is 4.31. The molecule has 0 amide bonds. The Morgan fingerprint density at radius 1 is 1.25 bits per heavy atom. The molecule has 5 nitrogen and oxygen atoms in total. The minimum Gasteiger partial charge on any atom is -0.276 e. The zero-order valence-electron chi connectivity index (χ0n) is 7.48. The summed E-state index contributed by atoms with van der Waals surface area (Å²) in [4.78, 5) is 10.4. The molecule has 1 atom stereocenters. The van der Waals surface area contributed by atoms with Crippen LogP contribution in [0.4, 0.5) is 0 Å². The molecular weight excluding hydrogens is 299 g/mol. The van der Waals surface area contributed by atoms with E-state index in [1.807, 2.05) is 0 Å². The molecule has 0 heterocycles. The Morgan fingerprint density at radius 2 is 1.81 bits per heavy atom. The molecule has 0 aromatic carbocycles. The van der Waals surface area contributed by atoms with Crippen molar-refractivity contribution in [2.45, 2.75) is 11.8 Å². The van der Waals surface area contributed by atoms with Crippen LogP contribution in [0.3, 0.4) is 0 Å². The molecule has 0 aromatic rings. The van der Waals surface area contributed by atoms with E-state index in [1.54, 1.807) is 0 Å². The van der Waals surface area contributed by atoms with Gasteiger partial charge in [-0.05, 0) is 17.7 Å². The van der Waals surface area contributed by atoms with Gasteiger partial charge in [0, 0.05) is 12.0 Å². The summed E-state index contributed by atoms with van der Waals surface area (Å²) in [5, 5.41) is -2.19. The second-order valence-corrected chi connectivity index (χ2v) is 5.58. The standard InChI is InChI=1S/C7H4Cl2O5S2/c8-6-4(7(9)10)1-3(15(11)12)2-5(6)16(13)14/h1,6H,2H2. The van der Waals surface area contributed by atoms with E-state index in [-0.39, 0.29) is 21.7 Å². The molecule has 16 heavy (non-hydrogen) atoms. The maximum absolute atomic E-state index is 10.9. The first-order valence-corrected chi connectivity index (χ1v) is 6.76. The molecule has 1 aliphatic rings. The largest absolute Gasteiger partial charge is 0.276 e. The van der Waals surface area contributed by atoms with Crippen LogP contribution < -0.4 is 0 Å². The first-order chi connectivity index (χ1) is 7.34. The van der Waals surface area contributed by atoms with Crippen molar-refractivity contribution < 1.29 is 21.6 Å². The van der Waals surface area contributed by atoms with E-state index in [9.17, 15) is 21.6 Å². The highest BCUT2D eigenvalue weighted by atomic mass is 35.5. The summed E-state index contributed by atoms with van der Waals surface area (Å²) < 4.78 is 43.0. The van der Waals surface area contributed by atoms with Gasteiger partial charge in [0.2, 0.25) is 25.8 Å². The smallest absolute Gasteiger partial charge is 0.250 e. The highest BCUT2D eigenvalue weighted by molar-refractivity contribution is 7.75. The van der Waals surface area contributed by atoms with Crippen LogP contribution in [0.25, 0.3) is 0 Å². The maximum atomic E-state index is 10.9. The second kappa shape index (κ2) is 5.13. The van der Waals surface area contributed by atoms with Crippen molar-refractivity contribution in [1.82, 2.24) is 0 Å². The van der Waals surface area contributed by atoms with E-state index in [2.05, 4.69) is 0 Å². The van der Waals surface area contributed by atoms with E-state index in [0.717, 1.165) is 6.08 Å². The summed E-state index contributed by atoms with van der Waals surface area (Å²) in [6.45, 7) is 0. The van der Waals surface area contributed by atoms with Crippen LogP contribution in [0.1, 0.15) is 6.42 Å². The monoisotopic (exact) mass is 302 g/mol. The highest BCUT2D eigenvalue weighted by Gasteiger charge is 2.30. The van der Waals surface area contributed by atoms with Gasteiger partial charge in [-0.25, -0.2) is 0 Å². The quantitative estimate of drug-likeness (QED) is 0.380.